The van der Waals surface area contributed by atoms with Crippen LogP contribution < -0.4 is 11.3 Å². The van der Waals surface area contributed by atoms with Crippen molar-refractivity contribution >= 4 is 5.91 Å². The molecule has 5 heteroatoms. The lowest BCUT2D eigenvalue weighted by molar-refractivity contribution is -0.120. The van der Waals surface area contributed by atoms with E-state index in [4.69, 9.17) is 10.6 Å². The summed E-state index contributed by atoms with van der Waals surface area (Å²) < 4.78 is 5.60. The summed E-state index contributed by atoms with van der Waals surface area (Å²) >= 11 is 0. The van der Waals surface area contributed by atoms with E-state index in [-0.39, 0.29) is 5.91 Å². The number of nitrogens with zero attached hydrogens (tertiary/aromatic N) is 1. The largest absolute Gasteiger partial charge is 0.377 e. The van der Waals surface area contributed by atoms with E-state index < -0.39 is 0 Å². The number of ether oxygens (including phenoxy) is 1. The van der Waals surface area contributed by atoms with Crippen molar-refractivity contribution in [2.75, 3.05) is 13.7 Å². The van der Waals surface area contributed by atoms with Crippen LogP contribution in [-0.2, 0) is 22.5 Å². The van der Waals surface area contributed by atoms with Crippen molar-refractivity contribution in [1.29, 1.82) is 0 Å². The van der Waals surface area contributed by atoms with Gasteiger partial charge in [-0.25, -0.2) is 5.84 Å². The van der Waals surface area contributed by atoms with Gasteiger partial charge < -0.3 is 4.74 Å². The Morgan fingerprint density at radius 3 is 2.60 bits per heavy atom. The van der Waals surface area contributed by atoms with Crippen LogP contribution in [0.25, 0.3) is 0 Å². The lowest BCUT2D eigenvalue weighted by atomic mass is 10.1. The van der Waals surface area contributed by atoms with Gasteiger partial charge in [0.2, 0.25) is 5.91 Å². The molecule has 0 spiro atoms. The van der Waals surface area contributed by atoms with Crippen LogP contribution in [0.4, 0.5) is 0 Å². The van der Waals surface area contributed by atoms with E-state index in [2.05, 4.69) is 36.4 Å². The predicted molar refractivity (Wildman–Crippen MR) is 77.8 cm³/mol. The molecule has 1 aliphatic rings. The fourth-order valence-corrected chi connectivity index (χ4v) is 2.70. The van der Waals surface area contributed by atoms with E-state index >= 15 is 0 Å². The van der Waals surface area contributed by atoms with Crippen LogP contribution >= 0.6 is 0 Å². The number of nitrogens with one attached hydrogen (secondary N) is 1. The molecule has 0 radical (unpaired) electrons. The third-order valence-electron chi connectivity index (χ3n) is 3.88. The topological polar surface area (TPSA) is 67.6 Å². The standard InChI is InChI=1S/C15H23N3O2/c1-11-14(7-8-20-11)18(2)10-13-5-3-12(4-6-13)9-15(19)17-16/h3-6,11,14H,7-10,16H2,1-2H3,(H,17,19). The van der Waals surface area contributed by atoms with Crippen LogP contribution in [0.5, 0.6) is 0 Å². The molecule has 3 N–H and O–H groups in total. The number of hydrogen-bond donors (Lipinski definition) is 2. The number of hydrazine groups is 1. The first-order valence-corrected chi connectivity index (χ1v) is 6.99. The zero-order chi connectivity index (χ0) is 14.5. The third kappa shape index (κ3) is 3.79. The number of nitrogens with two attached hydrogens (primary N) is 1. The first-order valence-electron chi connectivity index (χ1n) is 6.99. The van der Waals surface area contributed by atoms with Crippen molar-refractivity contribution in [1.82, 2.24) is 10.3 Å². The van der Waals surface area contributed by atoms with Gasteiger partial charge in [-0.1, -0.05) is 24.3 Å². The molecule has 2 atom stereocenters. The Balaban J connectivity index is 1.91. The third-order valence-corrected chi connectivity index (χ3v) is 3.88. The minimum Gasteiger partial charge on any atom is -0.377 e. The number of carbonyl (C=O) groups is 1. The first kappa shape index (κ1) is 15.0. The molecule has 1 aliphatic heterocycles. The number of likely N-dealkylation sites (N-methyl/N-ethyl adjacent to an activating group) is 1. The number of carbonyl (C=O) groups excluding carboxylic acids is 1. The molecule has 2 unspecified atom stereocenters. The lowest BCUT2D eigenvalue weighted by Crippen LogP contribution is -2.36. The van der Waals surface area contributed by atoms with Gasteiger partial charge in [0.05, 0.1) is 12.5 Å². The highest BCUT2D eigenvalue weighted by atomic mass is 16.5. The monoisotopic (exact) mass is 277 g/mol. The Bertz CT molecular complexity index is 447. The minimum atomic E-state index is -0.174. The predicted octanol–water partition coefficient (Wildman–Crippen LogP) is 0.828. The van der Waals surface area contributed by atoms with Gasteiger partial charge in [-0.05, 0) is 31.5 Å². The first-order chi connectivity index (χ1) is 9.60. The molecule has 5 nitrogen and oxygen atoms in total. The highest BCUT2D eigenvalue weighted by molar-refractivity contribution is 5.77. The summed E-state index contributed by atoms with van der Waals surface area (Å²) in [5.41, 5.74) is 4.35. The van der Waals surface area contributed by atoms with Crippen LogP contribution in [0.1, 0.15) is 24.5 Å². The lowest BCUT2D eigenvalue weighted by Gasteiger charge is -2.26. The second kappa shape index (κ2) is 6.83. The van der Waals surface area contributed by atoms with Crippen molar-refractivity contribution in [3.8, 4) is 0 Å². The molecule has 20 heavy (non-hydrogen) atoms. The van der Waals surface area contributed by atoms with Crippen LogP contribution in [0.15, 0.2) is 24.3 Å². The van der Waals surface area contributed by atoms with Crippen LogP contribution in [-0.4, -0.2) is 36.6 Å². The van der Waals surface area contributed by atoms with E-state index in [1.165, 1.54) is 5.56 Å². The van der Waals surface area contributed by atoms with E-state index in [0.717, 1.165) is 25.1 Å². The maximum atomic E-state index is 11.2. The fraction of sp³-hybridized carbons (Fsp3) is 0.533. The van der Waals surface area contributed by atoms with E-state index in [0.29, 0.717) is 18.6 Å². The molecule has 0 aliphatic carbocycles. The summed E-state index contributed by atoms with van der Waals surface area (Å²) in [6.45, 7) is 3.87. The quantitative estimate of drug-likeness (QED) is 0.475. The fourth-order valence-electron chi connectivity index (χ4n) is 2.70. The van der Waals surface area contributed by atoms with Crippen molar-refractivity contribution in [2.24, 2.45) is 5.84 Å². The van der Waals surface area contributed by atoms with Crippen LogP contribution in [0.3, 0.4) is 0 Å². The molecule has 1 aromatic rings. The second-order valence-corrected chi connectivity index (χ2v) is 5.41. The summed E-state index contributed by atoms with van der Waals surface area (Å²) in [5, 5.41) is 0. The molecule has 110 valence electrons. The SMILES string of the molecule is CC1OCCC1N(C)Cc1ccc(CC(=O)NN)cc1. The summed E-state index contributed by atoms with van der Waals surface area (Å²) in [5.74, 6) is 4.91. The van der Waals surface area contributed by atoms with E-state index in [1.54, 1.807) is 0 Å². The second-order valence-electron chi connectivity index (χ2n) is 5.41. The Labute approximate surface area is 120 Å². The zero-order valence-electron chi connectivity index (χ0n) is 12.1. The van der Waals surface area contributed by atoms with Crippen molar-refractivity contribution in [3.63, 3.8) is 0 Å². The summed E-state index contributed by atoms with van der Waals surface area (Å²) in [6, 6.07) is 8.57. The Morgan fingerprint density at radius 1 is 1.40 bits per heavy atom. The van der Waals surface area contributed by atoms with Crippen molar-refractivity contribution in [3.05, 3.63) is 35.4 Å². The summed E-state index contributed by atoms with van der Waals surface area (Å²) in [4.78, 5) is 13.5. The molecule has 2 rings (SSSR count). The van der Waals surface area contributed by atoms with Gasteiger partial charge in [0.1, 0.15) is 0 Å². The molecule has 0 bridgehead atoms. The molecule has 0 saturated carbocycles. The van der Waals surface area contributed by atoms with Crippen molar-refractivity contribution < 1.29 is 9.53 Å². The number of hydrogen-bond acceptors (Lipinski definition) is 4. The smallest absolute Gasteiger partial charge is 0.238 e. The van der Waals surface area contributed by atoms with Gasteiger partial charge in [0, 0.05) is 19.2 Å². The maximum absolute atomic E-state index is 11.2. The van der Waals surface area contributed by atoms with Gasteiger partial charge in [0.25, 0.3) is 0 Å². The zero-order valence-corrected chi connectivity index (χ0v) is 12.1. The number of amides is 1. The molecule has 1 amide bonds. The Morgan fingerprint density at radius 2 is 2.05 bits per heavy atom. The molecule has 1 saturated heterocycles. The highest BCUT2D eigenvalue weighted by Crippen LogP contribution is 2.20. The minimum absolute atomic E-state index is 0.174. The van der Waals surface area contributed by atoms with Gasteiger partial charge in [0.15, 0.2) is 0 Å². The van der Waals surface area contributed by atoms with E-state index in [1.807, 2.05) is 12.1 Å². The van der Waals surface area contributed by atoms with Gasteiger partial charge in [-0.3, -0.25) is 15.1 Å². The summed E-state index contributed by atoms with van der Waals surface area (Å²) in [7, 11) is 2.13. The average Bonchev–Trinajstić information content (AvgIpc) is 2.87. The average molecular weight is 277 g/mol. The molecule has 0 aromatic heterocycles. The van der Waals surface area contributed by atoms with E-state index in [9.17, 15) is 4.79 Å². The van der Waals surface area contributed by atoms with Gasteiger partial charge in [-0.15, -0.1) is 0 Å². The maximum Gasteiger partial charge on any atom is 0.238 e. The molecule has 1 fully saturated rings. The van der Waals surface area contributed by atoms with Gasteiger partial charge >= 0.3 is 0 Å². The summed E-state index contributed by atoms with van der Waals surface area (Å²) in [6.07, 6.45) is 1.71. The molecular weight excluding hydrogens is 254 g/mol. The molecular formula is C15H23N3O2. The number of rotatable bonds is 5. The molecule has 1 aromatic carbocycles. The highest BCUT2D eigenvalue weighted by Gasteiger charge is 2.27. The van der Waals surface area contributed by atoms with Crippen LogP contribution in [0.2, 0.25) is 0 Å². The van der Waals surface area contributed by atoms with Crippen LogP contribution in [0, 0.1) is 0 Å². The molecule has 1 heterocycles. The van der Waals surface area contributed by atoms with Gasteiger partial charge in [-0.2, -0.15) is 0 Å². The normalized spacial score (nSPS) is 22.2. The number of benzene rings is 1. The Hall–Kier alpha value is -1.43. The Kier molecular flexibility index (Phi) is 5.11. The van der Waals surface area contributed by atoms with Crippen molar-refractivity contribution in [2.45, 2.75) is 38.5 Å².